The van der Waals surface area contributed by atoms with Gasteiger partial charge in [-0.2, -0.15) is 5.10 Å². The maximum absolute atomic E-state index is 11.4. The van der Waals surface area contributed by atoms with Crippen molar-refractivity contribution >= 4 is 11.7 Å². The van der Waals surface area contributed by atoms with Crippen LogP contribution in [0.1, 0.15) is 31.0 Å². The minimum Gasteiger partial charge on any atom is -0.465 e. The summed E-state index contributed by atoms with van der Waals surface area (Å²) < 4.78 is 6.50. The van der Waals surface area contributed by atoms with Crippen LogP contribution in [0.25, 0.3) is 0 Å². The molecule has 0 unspecified atom stereocenters. The highest BCUT2D eigenvalue weighted by atomic mass is 16.5. The van der Waals surface area contributed by atoms with Crippen LogP contribution in [0.4, 0.5) is 0 Å². The molecule has 92 valence electrons. The topological polar surface area (TPSA) is 76.7 Å². The van der Waals surface area contributed by atoms with Gasteiger partial charge in [-0.15, -0.1) is 0 Å². The van der Waals surface area contributed by atoms with E-state index in [4.69, 9.17) is 9.94 Å². The van der Waals surface area contributed by atoms with E-state index in [1.165, 1.54) is 0 Å². The summed E-state index contributed by atoms with van der Waals surface area (Å²) in [6.07, 6.45) is 4.13. The molecule has 17 heavy (non-hydrogen) atoms. The molecule has 1 heterocycles. The van der Waals surface area contributed by atoms with Gasteiger partial charge in [-0.05, 0) is 26.2 Å². The van der Waals surface area contributed by atoms with Crippen LogP contribution in [0.5, 0.6) is 0 Å². The third-order valence-corrected chi connectivity index (χ3v) is 2.79. The largest absolute Gasteiger partial charge is 0.465 e. The molecule has 1 aromatic rings. The number of aromatic nitrogens is 2. The van der Waals surface area contributed by atoms with Gasteiger partial charge in [-0.3, -0.25) is 9.48 Å². The van der Waals surface area contributed by atoms with Crippen LogP contribution < -0.4 is 0 Å². The number of rotatable bonds is 3. The molecular weight excluding hydrogens is 222 g/mol. The second-order valence-corrected chi connectivity index (χ2v) is 3.87. The average molecular weight is 237 g/mol. The summed E-state index contributed by atoms with van der Waals surface area (Å²) >= 11 is 0. The molecule has 6 heteroatoms. The van der Waals surface area contributed by atoms with Crippen LogP contribution in [0.15, 0.2) is 11.4 Å². The molecule has 1 N–H and O–H groups in total. The zero-order valence-electron chi connectivity index (χ0n) is 9.72. The van der Waals surface area contributed by atoms with Gasteiger partial charge in [0.05, 0.1) is 18.5 Å². The van der Waals surface area contributed by atoms with E-state index in [-0.39, 0.29) is 12.5 Å². The Hall–Kier alpha value is -1.85. The number of hydrogen-bond donors (Lipinski definition) is 1. The lowest BCUT2D eigenvalue weighted by atomic mass is 9.96. The van der Waals surface area contributed by atoms with Gasteiger partial charge in [-0.1, -0.05) is 5.16 Å². The number of oxime groups is 1. The first-order chi connectivity index (χ1) is 8.26. The van der Waals surface area contributed by atoms with E-state index in [2.05, 4.69) is 10.3 Å². The molecule has 0 fully saturated rings. The third kappa shape index (κ3) is 2.30. The van der Waals surface area contributed by atoms with Crippen molar-refractivity contribution in [2.24, 2.45) is 5.16 Å². The van der Waals surface area contributed by atoms with Crippen molar-refractivity contribution in [3.63, 3.8) is 0 Å². The van der Waals surface area contributed by atoms with E-state index in [1.54, 1.807) is 17.8 Å². The Morgan fingerprint density at radius 1 is 1.65 bits per heavy atom. The second-order valence-electron chi connectivity index (χ2n) is 3.87. The molecule has 0 bridgehead atoms. The van der Waals surface area contributed by atoms with Crippen molar-refractivity contribution in [3.8, 4) is 0 Å². The molecule has 0 amide bonds. The Morgan fingerprint density at radius 3 is 3.18 bits per heavy atom. The molecule has 0 saturated heterocycles. The highest BCUT2D eigenvalue weighted by Crippen LogP contribution is 2.21. The van der Waals surface area contributed by atoms with Gasteiger partial charge in [0.15, 0.2) is 0 Å². The zero-order valence-corrected chi connectivity index (χ0v) is 9.72. The molecule has 1 aromatic heterocycles. The lowest BCUT2D eigenvalue weighted by Gasteiger charge is -2.14. The summed E-state index contributed by atoms with van der Waals surface area (Å²) in [4.78, 5) is 11.4. The van der Waals surface area contributed by atoms with Gasteiger partial charge in [0.25, 0.3) is 0 Å². The molecule has 0 aliphatic heterocycles. The molecule has 6 nitrogen and oxygen atoms in total. The second kappa shape index (κ2) is 4.99. The Morgan fingerprint density at radius 2 is 2.47 bits per heavy atom. The van der Waals surface area contributed by atoms with Crippen molar-refractivity contribution in [3.05, 3.63) is 17.5 Å². The van der Waals surface area contributed by atoms with Crippen molar-refractivity contribution < 1.29 is 14.7 Å². The first-order valence-corrected chi connectivity index (χ1v) is 5.68. The van der Waals surface area contributed by atoms with Crippen LogP contribution in [0, 0.1) is 0 Å². The summed E-state index contributed by atoms with van der Waals surface area (Å²) in [5.74, 6) is -0.300. The number of carbonyl (C=O) groups excluding carboxylic acids is 1. The van der Waals surface area contributed by atoms with Gasteiger partial charge in [-0.25, -0.2) is 0 Å². The lowest BCUT2D eigenvalue weighted by Crippen LogP contribution is -2.19. The van der Waals surface area contributed by atoms with Gasteiger partial charge < -0.3 is 9.94 Å². The molecule has 0 radical (unpaired) electrons. The molecule has 2 rings (SSSR count). The Balaban J connectivity index is 2.21. The third-order valence-electron chi connectivity index (χ3n) is 2.79. The summed E-state index contributed by atoms with van der Waals surface area (Å²) in [6.45, 7) is 2.25. The maximum atomic E-state index is 11.4. The number of hydrogen-bond acceptors (Lipinski definition) is 5. The summed E-state index contributed by atoms with van der Waals surface area (Å²) in [7, 11) is 0. The van der Waals surface area contributed by atoms with Crippen molar-refractivity contribution in [1.29, 1.82) is 0 Å². The van der Waals surface area contributed by atoms with Gasteiger partial charge >= 0.3 is 5.97 Å². The highest BCUT2D eigenvalue weighted by Gasteiger charge is 2.21. The molecule has 1 aliphatic carbocycles. The fraction of sp³-hybridized carbons (Fsp3) is 0.545. The predicted octanol–water partition coefficient (Wildman–Crippen LogP) is 0.961. The quantitative estimate of drug-likeness (QED) is 0.482. The summed E-state index contributed by atoms with van der Waals surface area (Å²) in [6, 6.07) is 0. The first kappa shape index (κ1) is 11.6. The van der Waals surface area contributed by atoms with E-state index >= 15 is 0 Å². The SMILES string of the molecule is CCOC(=O)Cn1ncc2c1CCCC2=NO. The van der Waals surface area contributed by atoms with Crippen LogP contribution in [-0.4, -0.2) is 33.3 Å². The van der Waals surface area contributed by atoms with Crippen LogP contribution >= 0.6 is 0 Å². The smallest absolute Gasteiger partial charge is 0.327 e. The lowest BCUT2D eigenvalue weighted by molar-refractivity contribution is -0.144. The fourth-order valence-corrected chi connectivity index (χ4v) is 2.04. The van der Waals surface area contributed by atoms with E-state index in [1.807, 2.05) is 0 Å². The first-order valence-electron chi connectivity index (χ1n) is 5.68. The molecule has 0 saturated carbocycles. The predicted molar refractivity (Wildman–Crippen MR) is 60.1 cm³/mol. The fourth-order valence-electron chi connectivity index (χ4n) is 2.04. The molecule has 1 aliphatic rings. The number of esters is 1. The van der Waals surface area contributed by atoms with E-state index in [9.17, 15) is 4.79 Å². The summed E-state index contributed by atoms with van der Waals surface area (Å²) in [5, 5.41) is 16.3. The monoisotopic (exact) mass is 237 g/mol. The van der Waals surface area contributed by atoms with E-state index < -0.39 is 0 Å². The minimum atomic E-state index is -0.300. The maximum Gasteiger partial charge on any atom is 0.327 e. The van der Waals surface area contributed by atoms with Crippen LogP contribution in [0.3, 0.4) is 0 Å². The molecule has 0 spiro atoms. The van der Waals surface area contributed by atoms with Gasteiger partial charge in [0, 0.05) is 11.3 Å². The number of ether oxygens (including phenoxy) is 1. The summed E-state index contributed by atoms with van der Waals surface area (Å²) in [5.41, 5.74) is 2.42. The van der Waals surface area contributed by atoms with Crippen molar-refractivity contribution in [2.45, 2.75) is 32.7 Å². The standard InChI is InChI=1S/C11H15N3O3/c1-2-17-11(15)7-14-10-5-3-4-9(13-16)8(10)6-12-14/h6,16H,2-5,7H2,1H3. The molecule has 0 atom stereocenters. The van der Waals surface area contributed by atoms with Crippen molar-refractivity contribution in [2.75, 3.05) is 6.61 Å². The van der Waals surface area contributed by atoms with Gasteiger partial charge in [0.1, 0.15) is 6.54 Å². The Kier molecular flexibility index (Phi) is 3.41. The number of carbonyl (C=O) groups is 1. The number of nitrogens with zero attached hydrogens (tertiary/aromatic N) is 3. The zero-order chi connectivity index (χ0) is 12.3. The molecular formula is C11H15N3O3. The van der Waals surface area contributed by atoms with Crippen LogP contribution in [0.2, 0.25) is 0 Å². The highest BCUT2D eigenvalue weighted by molar-refractivity contribution is 6.01. The van der Waals surface area contributed by atoms with E-state index in [0.29, 0.717) is 12.3 Å². The number of fused-ring (bicyclic) bond motifs is 1. The average Bonchev–Trinajstić information content (AvgIpc) is 2.73. The Labute approximate surface area is 98.9 Å². The minimum absolute atomic E-state index is 0.113. The van der Waals surface area contributed by atoms with Crippen molar-refractivity contribution in [1.82, 2.24) is 9.78 Å². The Bertz CT molecular complexity index is 451. The van der Waals surface area contributed by atoms with E-state index in [0.717, 1.165) is 30.5 Å². The van der Waals surface area contributed by atoms with Gasteiger partial charge in [0.2, 0.25) is 0 Å². The van der Waals surface area contributed by atoms with Crippen LogP contribution in [-0.2, 0) is 22.5 Å². The normalized spacial score (nSPS) is 16.9. The molecule has 0 aromatic carbocycles.